The smallest absolute Gasteiger partial charge is 0.410 e. The third kappa shape index (κ3) is 5.08. The molecule has 31 heavy (non-hydrogen) atoms. The number of aliphatic imine (C=N–C) groups is 1. The lowest BCUT2D eigenvalue weighted by atomic mass is 9.93. The zero-order valence-corrected chi connectivity index (χ0v) is 19.2. The summed E-state index contributed by atoms with van der Waals surface area (Å²) in [6.45, 7) is 7.35. The first-order valence-corrected chi connectivity index (χ1v) is 11.5. The minimum atomic E-state index is -0.458. The van der Waals surface area contributed by atoms with Crippen molar-refractivity contribution in [2.45, 2.75) is 82.5 Å². The van der Waals surface area contributed by atoms with Crippen LogP contribution in [-0.4, -0.2) is 60.9 Å². The number of nitrogens with zero attached hydrogens (tertiary/aromatic N) is 2. The summed E-state index contributed by atoms with van der Waals surface area (Å²) in [5.41, 5.74) is 0.806. The number of para-hydroxylation sites is 1. The number of nitrogens with one attached hydrogen (secondary N) is 2. The Kier molecular flexibility index (Phi) is 6.30. The number of piperidine rings is 1. The molecule has 170 valence electrons. The number of amides is 1. The molecule has 2 N–H and O–H groups in total. The van der Waals surface area contributed by atoms with Crippen LogP contribution in [0.1, 0.15) is 64.4 Å². The van der Waals surface area contributed by atoms with Gasteiger partial charge in [0.25, 0.3) is 0 Å². The SMILES string of the molecule is CN=C(NCC1CCOc2ccccc21)NC1CC2CCC(C1)N2C(=O)OC(C)(C)C. The Morgan fingerprint density at radius 3 is 2.58 bits per heavy atom. The zero-order chi connectivity index (χ0) is 22.0. The van der Waals surface area contributed by atoms with Crippen molar-refractivity contribution in [3.63, 3.8) is 0 Å². The first kappa shape index (κ1) is 21.8. The molecule has 3 aliphatic rings. The highest BCUT2D eigenvalue weighted by molar-refractivity contribution is 5.80. The number of rotatable bonds is 3. The van der Waals surface area contributed by atoms with E-state index in [-0.39, 0.29) is 18.2 Å². The molecular formula is C24H36N4O3. The molecule has 2 bridgehead atoms. The van der Waals surface area contributed by atoms with Gasteiger partial charge in [0, 0.05) is 37.6 Å². The lowest BCUT2D eigenvalue weighted by Crippen LogP contribution is -2.55. The molecule has 7 heteroatoms. The van der Waals surface area contributed by atoms with Crippen LogP contribution in [-0.2, 0) is 4.74 Å². The van der Waals surface area contributed by atoms with E-state index in [0.717, 1.165) is 57.0 Å². The molecule has 0 saturated carbocycles. The molecule has 3 aliphatic heterocycles. The maximum atomic E-state index is 12.7. The third-order valence-corrected chi connectivity index (χ3v) is 6.50. The van der Waals surface area contributed by atoms with Gasteiger partial charge in [0.1, 0.15) is 11.4 Å². The number of carbonyl (C=O) groups is 1. The molecule has 1 aromatic rings. The molecule has 4 rings (SSSR count). The molecule has 3 atom stereocenters. The highest BCUT2D eigenvalue weighted by Crippen LogP contribution is 2.37. The van der Waals surface area contributed by atoms with Crippen molar-refractivity contribution < 1.29 is 14.3 Å². The van der Waals surface area contributed by atoms with E-state index >= 15 is 0 Å². The van der Waals surface area contributed by atoms with E-state index < -0.39 is 5.60 Å². The van der Waals surface area contributed by atoms with Gasteiger partial charge in [0.2, 0.25) is 0 Å². The van der Waals surface area contributed by atoms with Gasteiger partial charge in [-0.2, -0.15) is 0 Å². The Hall–Kier alpha value is -2.44. The predicted octanol–water partition coefficient (Wildman–Crippen LogP) is 3.65. The van der Waals surface area contributed by atoms with Gasteiger partial charge >= 0.3 is 6.09 Å². The van der Waals surface area contributed by atoms with Gasteiger partial charge in [-0.15, -0.1) is 0 Å². The van der Waals surface area contributed by atoms with Gasteiger partial charge in [-0.3, -0.25) is 4.99 Å². The van der Waals surface area contributed by atoms with Gasteiger partial charge in [-0.25, -0.2) is 4.79 Å². The van der Waals surface area contributed by atoms with Gasteiger partial charge < -0.3 is 25.0 Å². The molecule has 0 radical (unpaired) electrons. The molecule has 2 saturated heterocycles. The minimum absolute atomic E-state index is 0.167. The summed E-state index contributed by atoms with van der Waals surface area (Å²) >= 11 is 0. The molecule has 0 spiro atoms. The van der Waals surface area contributed by atoms with Crippen LogP contribution in [0.15, 0.2) is 29.3 Å². The molecule has 2 fully saturated rings. The number of carbonyl (C=O) groups excluding carboxylic acids is 1. The summed E-state index contributed by atoms with van der Waals surface area (Å²) in [6, 6.07) is 9.08. The molecular weight excluding hydrogens is 392 g/mol. The van der Waals surface area contributed by atoms with Gasteiger partial charge in [0.15, 0.2) is 5.96 Å². The summed E-state index contributed by atoms with van der Waals surface area (Å²) in [5, 5.41) is 7.13. The van der Waals surface area contributed by atoms with Gasteiger partial charge in [-0.05, 0) is 64.5 Å². The first-order chi connectivity index (χ1) is 14.8. The fourth-order valence-corrected chi connectivity index (χ4v) is 5.14. The van der Waals surface area contributed by atoms with E-state index in [1.54, 1.807) is 0 Å². The standard InChI is InChI=1S/C24H36N4O3/c1-24(2,3)31-23(29)28-18-9-10-19(28)14-17(13-18)27-22(25-4)26-15-16-11-12-30-21-8-6-5-7-20(16)21/h5-8,16-19H,9-15H2,1-4H3,(H2,25,26,27). The van der Waals surface area contributed by atoms with Crippen LogP contribution in [0.2, 0.25) is 0 Å². The number of benzene rings is 1. The van der Waals surface area contributed by atoms with Crippen LogP contribution >= 0.6 is 0 Å². The quantitative estimate of drug-likeness (QED) is 0.568. The second-order valence-electron chi connectivity index (χ2n) is 9.91. The molecule has 0 aliphatic carbocycles. The van der Waals surface area contributed by atoms with Crippen LogP contribution in [0.25, 0.3) is 0 Å². The summed E-state index contributed by atoms with van der Waals surface area (Å²) < 4.78 is 11.4. The molecule has 1 amide bonds. The monoisotopic (exact) mass is 428 g/mol. The third-order valence-electron chi connectivity index (χ3n) is 6.50. The largest absolute Gasteiger partial charge is 0.493 e. The van der Waals surface area contributed by atoms with Crippen molar-refractivity contribution in [3.05, 3.63) is 29.8 Å². The fourth-order valence-electron chi connectivity index (χ4n) is 5.14. The molecule has 3 heterocycles. The average molecular weight is 429 g/mol. The Bertz CT molecular complexity index is 805. The maximum Gasteiger partial charge on any atom is 0.410 e. The number of guanidine groups is 1. The van der Waals surface area contributed by atoms with Crippen molar-refractivity contribution >= 4 is 12.1 Å². The second kappa shape index (κ2) is 8.97. The van der Waals surface area contributed by atoms with Crippen molar-refractivity contribution in [1.82, 2.24) is 15.5 Å². The normalized spacial score (nSPS) is 27.9. The average Bonchev–Trinajstić information content (AvgIpc) is 3.00. The van der Waals surface area contributed by atoms with E-state index in [2.05, 4.69) is 27.8 Å². The molecule has 0 aromatic heterocycles. The summed E-state index contributed by atoms with van der Waals surface area (Å²) in [6.07, 6.45) is 4.78. The Balaban J connectivity index is 1.31. The number of ether oxygens (including phenoxy) is 2. The molecule has 7 nitrogen and oxygen atoms in total. The van der Waals surface area contributed by atoms with E-state index in [1.807, 2.05) is 44.9 Å². The summed E-state index contributed by atoms with van der Waals surface area (Å²) in [7, 11) is 1.82. The van der Waals surface area contributed by atoms with E-state index in [4.69, 9.17) is 9.47 Å². The minimum Gasteiger partial charge on any atom is -0.493 e. The predicted molar refractivity (Wildman–Crippen MR) is 122 cm³/mol. The molecule has 1 aromatic carbocycles. The van der Waals surface area contributed by atoms with E-state index in [1.165, 1.54) is 5.56 Å². The topological polar surface area (TPSA) is 75.2 Å². The lowest BCUT2D eigenvalue weighted by molar-refractivity contribution is 0.00545. The van der Waals surface area contributed by atoms with Gasteiger partial charge in [0.05, 0.1) is 6.61 Å². The fraction of sp³-hybridized carbons (Fsp3) is 0.667. The van der Waals surface area contributed by atoms with Crippen molar-refractivity contribution in [3.8, 4) is 5.75 Å². The van der Waals surface area contributed by atoms with Crippen molar-refractivity contribution in [2.24, 2.45) is 4.99 Å². The Labute approximate surface area is 185 Å². The lowest BCUT2D eigenvalue weighted by Gasteiger charge is -2.40. The van der Waals surface area contributed by atoms with Crippen molar-refractivity contribution in [2.75, 3.05) is 20.2 Å². The summed E-state index contributed by atoms with van der Waals surface area (Å²) in [4.78, 5) is 19.1. The van der Waals surface area contributed by atoms with Crippen LogP contribution in [0, 0.1) is 0 Å². The highest BCUT2D eigenvalue weighted by atomic mass is 16.6. The van der Waals surface area contributed by atoms with Gasteiger partial charge in [-0.1, -0.05) is 18.2 Å². The number of fused-ring (bicyclic) bond motifs is 3. The Morgan fingerprint density at radius 2 is 1.90 bits per heavy atom. The van der Waals surface area contributed by atoms with Crippen LogP contribution in [0.4, 0.5) is 4.79 Å². The maximum absolute atomic E-state index is 12.7. The number of hydrogen-bond donors (Lipinski definition) is 2. The van der Waals surface area contributed by atoms with Crippen LogP contribution < -0.4 is 15.4 Å². The van der Waals surface area contributed by atoms with E-state index in [0.29, 0.717) is 12.0 Å². The Morgan fingerprint density at radius 1 is 1.19 bits per heavy atom. The van der Waals surface area contributed by atoms with E-state index in [9.17, 15) is 4.79 Å². The second-order valence-corrected chi connectivity index (χ2v) is 9.91. The number of hydrogen-bond acceptors (Lipinski definition) is 4. The summed E-state index contributed by atoms with van der Waals surface area (Å²) in [5.74, 6) is 2.24. The highest BCUT2D eigenvalue weighted by Gasteiger charge is 2.45. The first-order valence-electron chi connectivity index (χ1n) is 11.5. The van der Waals surface area contributed by atoms with Crippen molar-refractivity contribution in [1.29, 1.82) is 0 Å². The van der Waals surface area contributed by atoms with Crippen LogP contribution in [0.3, 0.4) is 0 Å². The zero-order valence-electron chi connectivity index (χ0n) is 19.2. The van der Waals surface area contributed by atoms with Crippen LogP contribution in [0.5, 0.6) is 5.75 Å². The molecule has 3 unspecified atom stereocenters.